The molecular formula is C18H27FN4O5. The summed E-state index contributed by atoms with van der Waals surface area (Å²) in [4.78, 5) is 31.6. The maximum Gasteiger partial charge on any atom is 0.414 e. The van der Waals surface area contributed by atoms with Crippen molar-refractivity contribution < 1.29 is 28.3 Å². The molecule has 1 fully saturated rings. The number of nitrogens with two attached hydrogens (primary N) is 1. The van der Waals surface area contributed by atoms with E-state index in [-0.39, 0.29) is 13.1 Å². The standard InChI is InChI=1S/C18H27FN4O5/c1-4-21(7-8-22(27-3)12-17(24)26-2)16-6-5-13(9-15(16)19)23-11-14(10-20)28-18(23)25/h5-6,9,14H,4,7-8,10-12,20H2,1-3H3/t14-/m0/s1. The van der Waals surface area contributed by atoms with Crippen molar-refractivity contribution in [1.29, 1.82) is 0 Å². The number of hydroxylamine groups is 2. The maximum absolute atomic E-state index is 14.8. The zero-order valence-electron chi connectivity index (χ0n) is 16.4. The number of benzene rings is 1. The highest BCUT2D eigenvalue weighted by atomic mass is 19.1. The monoisotopic (exact) mass is 398 g/mol. The average molecular weight is 398 g/mol. The molecule has 1 saturated heterocycles. The number of hydrogen-bond acceptors (Lipinski definition) is 8. The van der Waals surface area contributed by atoms with Gasteiger partial charge >= 0.3 is 12.1 Å². The molecule has 1 aromatic carbocycles. The second-order valence-corrected chi connectivity index (χ2v) is 6.19. The highest BCUT2D eigenvalue weighted by Gasteiger charge is 2.31. The van der Waals surface area contributed by atoms with Crippen molar-refractivity contribution in [3.05, 3.63) is 24.0 Å². The van der Waals surface area contributed by atoms with Crippen LogP contribution in [0.15, 0.2) is 18.2 Å². The predicted octanol–water partition coefficient (Wildman–Crippen LogP) is 0.972. The van der Waals surface area contributed by atoms with E-state index in [9.17, 15) is 14.0 Å². The molecule has 0 spiro atoms. The number of anilines is 2. The molecule has 1 heterocycles. The molecule has 2 rings (SSSR count). The molecule has 0 aromatic heterocycles. The number of halogens is 1. The third-order valence-corrected chi connectivity index (χ3v) is 4.51. The number of carbonyl (C=O) groups is 2. The topological polar surface area (TPSA) is 97.6 Å². The molecule has 2 N–H and O–H groups in total. The lowest BCUT2D eigenvalue weighted by Gasteiger charge is -2.27. The number of methoxy groups -OCH3 is 1. The molecule has 1 amide bonds. The second kappa shape index (κ2) is 10.2. The molecule has 0 radical (unpaired) electrons. The molecule has 0 bridgehead atoms. The van der Waals surface area contributed by atoms with Gasteiger partial charge in [-0.15, -0.1) is 0 Å². The number of hydrogen-bond donors (Lipinski definition) is 1. The number of esters is 1. The van der Waals surface area contributed by atoms with Gasteiger partial charge in [-0.1, -0.05) is 0 Å². The van der Waals surface area contributed by atoms with Crippen LogP contribution in [0, 0.1) is 5.82 Å². The molecule has 0 saturated carbocycles. The summed E-state index contributed by atoms with van der Waals surface area (Å²) in [5, 5.41) is 1.44. The highest BCUT2D eigenvalue weighted by molar-refractivity contribution is 5.90. The molecule has 9 nitrogen and oxygen atoms in total. The van der Waals surface area contributed by atoms with Crippen molar-refractivity contribution in [1.82, 2.24) is 5.06 Å². The van der Waals surface area contributed by atoms with Crippen LogP contribution in [0.2, 0.25) is 0 Å². The van der Waals surface area contributed by atoms with E-state index in [4.69, 9.17) is 15.3 Å². The average Bonchev–Trinajstić information content (AvgIpc) is 3.08. The minimum absolute atomic E-state index is 0.0225. The van der Waals surface area contributed by atoms with Gasteiger partial charge in [0.2, 0.25) is 0 Å². The van der Waals surface area contributed by atoms with E-state index >= 15 is 0 Å². The van der Waals surface area contributed by atoms with Crippen LogP contribution in [0.3, 0.4) is 0 Å². The Morgan fingerprint density at radius 2 is 2.14 bits per heavy atom. The van der Waals surface area contributed by atoms with Gasteiger partial charge in [0.15, 0.2) is 0 Å². The van der Waals surface area contributed by atoms with E-state index in [1.165, 1.54) is 30.2 Å². The fraction of sp³-hybridized carbons (Fsp3) is 0.556. The summed E-state index contributed by atoms with van der Waals surface area (Å²) in [7, 11) is 2.76. The number of carbonyl (C=O) groups excluding carboxylic acids is 2. The number of rotatable bonds is 10. The number of amides is 1. The number of cyclic esters (lactones) is 1. The third-order valence-electron chi connectivity index (χ3n) is 4.51. The molecule has 1 aromatic rings. The zero-order chi connectivity index (χ0) is 20.7. The normalized spacial score (nSPS) is 16.4. The van der Waals surface area contributed by atoms with Gasteiger partial charge in [0.1, 0.15) is 18.5 Å². The fourth-order valence-electron chi connectivity index (χ4n) is 2.90. The summed E-state index contributed by atoms with van der Waals surface area (Å²) in [6.07, 6.45) is -0.925. The lowest BCUT2D eigenvalue weighted by molar-refractivity contribution is -0.165. The number of likely N-dealkylation sites (N-methyl/N-ethyl adjacent to an activating group) is 1. The molecule has 10 heteroatoms. The van der Waals surface area contributed by atoms with Gasteiger partial charge in [-0.05, 0) is 25.1 Å². The molecule has 0 unspecified atom stereocenters. The summed E-state index contributed by atoms with van der Waals surface area (Å²) in [5.41, 5.74) is 6.34. The summed E-state index contributed by atoms with van der Waals surface area (Å²) < 4.78 is 24.5. The van der Waals surface area contributed by atoms with Crippen LogP contribution < -0.4 is 15.5 Å². The van der Waals surface area contributed by atoms with Crippen LogP contribution >= 0.6 is 0 Å². The van der Waals surface area contributed by atoms with Gasteiger partial charge in [-0.3, -0.25) is 9.69 Å². The Labute approximate surface area is 163 Å². The molecule has 156 valence electrons. The lowest BCUT2D eigenvalue weighted by Crippen LogP contribution is -2.38. The minimum atomic E-state index is -0.534. The third kappa shape index (κ3) is 5.31. The highest BCUT2D eigenvalue weighted by Crippen LogP contribution is 2.27. The minimum Gasteiger partial charge on any atom is -0.468 e. The second-order valence-electron chi connectivity index (χ2n) is 6.19. The Morgan fingerprint density at radius 1 is 1.39 bits per heavy atom. The Hall–Kier alpha value is -2.43. The number of nitrogens with zero attached hydrogens (tertiary/aromatic N) is 3. The first kappa shape index (κ1) is 21.9. The van der Waals surface area contributed by atoms with Crippen molar-refractivity contribution in [3.63, 3.8) is 0 Å². The van der Waals surface area contributed by atoms with E-state index in [0.29, 0.717) is 37.6 Å². The number of ether oxygens (including phenoxy) is 2. The Balaban J connectivity index is 2.06. The summed E-state index contributed by atoms with van der Waals surface area (Å²) in [5.74, 6) is -0.881. The Kier molecular flexibility index (Phi) is 7.97. The quantitative estimate of drug-likeness (QED) is 0.460. The van der Waals surface area contributed by atoms with Crippen molar-refractivity contribution in [2.45, 2.75) is 13.0 Å². The Morgan fingerprint density at radius 3 is 2.68 bits per heavy atom. The van der Waals surface area contributed by atoms with Crippen molar-refractivity contribution in [3.8, 4) is 0 Å². The van der Waals surface area contributed by atoms with Gasteiger partial charge in [0, 0.05) is 26.2 Å². The van der Waals surface area contributed by atoms with E-state index in [2.05, 4.69) is 4.74 Å². The Bertz CT molecular complexity index is 690. The van der Waals surface area contributed by atoms with Crippen molar-refractivity contribution >= 4 is 23.4 Å². The van der Waals surface area contributed by atoms with Crippen LogP contribution in [0.1, 0.15) is 6.92 Å². The van der Waals surface area contributed by atoms with Gasteiger partial charge in [0.05, 0.1) is 32.1 Å². The first-order chi connectivity index (χ1) is 13.4. The van der Waals surface area contributed by atoms with E-state index < -0.39 is 24.0 Å². The maximum atomic E-state index is 14.8. The van der Waals surface area contributed by atoms with Crippen molar-refractivity contribution in [2.24, 2.45) is 5.73 Å². The first-order valence-corrected chi connectivity index (χ1v) is 9.02. The van der Waals surface area contributed by atoms with Crippen LogP contribution in [0.4, 0.5) is 20.6 Å². The smallest absolute Gasteiger partial charge is 0.414 e. The van der Waals surface area contributed by atoms with E-state index in [1.807, 2.05) is 11.8 Å². The van der Waals surface area contributed by atoms with Crippen LogP contribution in [-0.2, 0) is 19.1 Å². The molecular weight excluding hydrogens is 371 g/mol. The molecule has 1 atom stereocenters. The van der Waals surface area contributed by atoms with Crippen molar-refractivity contribution in [2.75, 3.05) is 63.3 Å². The fourth-order valence-corrected chi connectivity index (χ4v) is 2.90. The van der Waals surface area contributed by atoms with Crippen LogP contribution in [0.25, 0.3) is 0 Å². The summed E-state index contributed by atoms with van der Waals surface area (Å²) in [6.45, 7) is 3.73. The largest absolute Gasteiger partial charge is 0.468 e. The summed E-state index contributed by atoms with van der Waals surface area (Å²) in [6, 6.07) is 4.60. The van der Waals surface area contributed by atoms with E-state index in [0.717, 1.165) is 0 Å². The van der Waals surface area contributed by atoms with Gasteiger partial charge < -0.3 is 24.9 Å². The summed E-state index contributed by atoms with van der Waals surface area (Å²) >= 11 is 0. The lowest BCUT2D eigenvalue weighted by atomic mass is 10.2. The van der Waals surface area contributed by atoms with Gasteiger partial charge in [-0.25, -0.2) is 9.18 Å². The molecule has 0 aliphatic carbocycles. The van der Waals surface area contributed by atoms with Crippen LogP contribution in [0.5, 0.6) is 0 Å². The zero-order valence-corrected chi connectivity index (χ0v) is 16.4. The van der Waals surface area contributed by atoms with E-state index in [1.54, 1.807) is 12.1 Å². The SMILES string of the molecule is CCN(CCN(CC(=O)OC)OC)c1ccc(N2C[C@H](CN)OC2=O)cc1F. The van der Waals surface area contributed by atoms with Crippen LogP contribution in [-0.4, -0.2) is 76.7 Å². The predicted molar refractivity (Wildman–Crippen MR) is 102 cm³/mol. The molecule has 1 aliphatic heterocycles. The van der Waals surface area contributed by atoms with Gasteiger partial charge in [0.25, 0.3) is 0 Å². The first-order valence-electron chi connectivity index (χ1n) is 9.02. The van der Waals surface area contributed by atoms with Gasteiger partial charge in [-0.2, -0.15) is 5.06 Å². The molecule has 1 aliphatic rings. The molecule has 28 heavy (non-hydrogen) atoms.